The molecule has 136 valence electrons. The number of imide groups is 1. The lowest BCUT2D eigenvalue weighted by Crippen LogP contribution is -2.41. The van der Waals surface area contributed by atoms with Crippen molar-refractivity contribution in [2.24, 2.45) is 11.8 Å². The lowest BCUT2D eigenvalue weighted by molar-refractivity contribution is -0.122. The molecule has 3 aliphatic carbocycles. The Morgan fingerprint density at radius 3 is 1.82 bits per heavy atom. The summed E-state index contributed by atoms with van der Waals surface area (Å²) in [5, 5.41) is 0. The van der Waals surface area contributed by atoms with E-state index in [1.54, 1.807) is 0 Å². The minimum atomic E-state index is -0.318. The number of hydrogen-bond donors (Lipinski definition) is 0. The van der Waals surface area contributed by atoms with Crippen molar-refractivity contribution in [2.75, 3.05) is 4.90 Å². The molecule has 3 aromatic carbocycles. The number of aryl methyl sites for hydroxylation is 1. The predicted molar refractivity (Wildman–Crippen MR) is 107 cm³/mol. The Morgan fingerprint density at radius 2 is 1.18 bits per heavy atom. The minimum Gasteiger partial charge on any atom is -0.274 e. The molecule has 28 heavy (non-hydrogen) atoms. The highest BCUT2D eigenvalue weighted by molar-refractivity contribution is 6.23. The van der Waals surface area contributed by atoms with Crippen molar-refractivity contribution in [3.8, 4) is 0 Å². The van der Waals surface area contributed by atoms with Crippen molar-refractivity contribution in [3.63, 3.8) is 0 Å². The number of hydrogen-bond acceptors (Lipinski definition) is 2. The summed E-state index contributed by atoms with van der Waals surface area (Å²) in [4.78, 5) is 28.5. The van der Waals surface area contributed by atoms with Gasteiger partial charge in [-0.1, -0.05) is 66.2 Å². The van der Waals surface area contributed by atoms with Gasteiger partial charge in [-0.05, 0) is 41.3 Å². The van der Waals surface area contributed by atoms with E-state index in [0.717, 1.165) is 0 Å². The highest BCUT2D eigenvalue weighted by Crippen LogP contribution is 2.61. The molecule has 0 radical (unpaired) electrons. The Bertz CT molecular complexity index is 1150. The first kappa shape index (κ1) is 15.8. The lowest BCUT2D eigenvalue weighted by Gasteiger charge is -2.46. The van der Waals surface area contributed by atoms with E-state index < -0.39 is 0 Å². The summed E-state index contributed by atoms with van der Waals surface area (Å²) in [5.74, 6) is -0.849. The first-order valence-corrected chi connectivity index (χ1v) is 9.79. The molecule has 1 aliphatic heterocycles. The fraction of sp³-hybridized carbons (Fsp3) is 0.200. The van der Waals surface area contributed by atoms with Crippen LogP contribution in [0.15, 0.2) is 72.8 Å². The van der Waals surface area contributed by atoms with Crippen LogP contribution < -0.4 is 4.90 Å². The molecule has 3 nitrogen and oxygen atoms in total. The molecular weight excluding hydrogens is 346 g/mol. The van der Waals surface area contributed by atoms with Gasteiger partial charge in [0, 0.05) is 11.8 Å². The zero-order valence-electron chi connectivity index (χ0n) is 15.5. The molecule has 4 atom stereocenters. The van der Waals surface area contributed by atoms with Gasteiger partial charge in [-0.3, -0.25) is 9.59 Å². The van der Waals surface area contributed by atoms with Gasteiger partial charge in [0.05, 0.1) is 17.5 Å². The Kier molecular flexibility index (Phi) is 3.06. The third-order valence-corrected chi connectivity index (χ3v) is 6.71. The Morgan fingerprint density at radius 1 is 0.643 bits per heavy atom. The molecule has 4 aliphatic rings. The van der Waals surface area contributed by atoms with Crippen molar-refractivity contribution in [1.29, 1.82) is 0 Å². The largest absolute Gasteiger partial charge is 0.274 e. The van der Waals surface area contributed by atoms with E-state index in [-0.39, 0.29) is 35.5 Å². The summed E-state index contributed by atoms with van der Waals surface area (Å²) in [5.41, 5.74) is 6.73. The maximum atomic E-state index is 13.6. The maximum absolute atomic E-state index is 13.6. The van der Waals surface area contributed by atoms with Gasteiger partial charge in [0.2, 0.25) is 11.8 Å². The van der Waals surface area contributed by atoms with Gasteiger partial charge in [-0.2, -0.15) is 0 Å². The summed E-state index contributed by atoms with van der Waals surface area (Å²) >= 11 is 0. The number of carbonyl (C=O) groups excluding carboxylic acids is 2. The number of nitrogens with zero attached hydrogens (tertiary/aromatic N) is 1. The Labute approximate surface area is 163 Å². The molecule has 0 N–H and O–H groups in total. The molecule has 2 bridgehead atoms. The van der Waals surface area contributed by atoms with Crippen molar-refractivity contribution in [2.45, 2.75) is 18.8 Å². The van der Waals surface area contributed by atoms with Crippen LogP contribution in [0.3, 0.4) is 0 Å². The third kappa shape index (κ3) is 1.84. The number of benzene rings is 3. The standard InChI is InChI=1S/C25H19NO2/c1-14-11-12-18-19(13-14)21-17-10-6-5-9-16(17)20(18)22-23(21)25(28)26(24(22)27)15-7-3-2-4-8-15/h2-13,20-23H,1H3/t20-,21-,22-,23+/m0/s1. The second kappa shape index (κ2) is 5.41. The van der Waals surface area contributed by atoms with Gasteiger partial charge in [0.25, 0.3) is 0 Å². The summed E-state index contributed by atoms with van der Waals surface area (Å²) in [6.45, 7) is 2.09. The van der Waals surface area contributed by atoms with E-state index in [9.17, 15) is 9.59 Å². The highest BCUT2D eigenvalue weighted by Gasteiger charge is 2.61. The van der Waals surface area contributed by atoms with Crippen LogP contribution in [0.4, 0.5) is 5.69 Å². The predicted octanol–water partition coefficient (Wildman–Crippen LogP) is 4.39. The van der Waals surface area contributed by atoms with Crippen LogP contribution in [-0.4, -0.2) is 11.8 Å². The van der Waals surface area contributed by atoms with Gasteiger partial charge < -0.3 is 0 Å². The van der Waals surface area contributed by atoms with Gasteiger partial charge in [-0.25, -0.2) is 4.90 Å². The summed E-state index contributed by atoms with van der Waals surface area (Å²) < 4.78 is 0. The van der Waals surface area contributed by atoms with Gasteiger partial charge in [0.1, 0.15) is 0 Å². The molecule has 0 spiro atoms. The molecule has 3 aromatic rings. The van der Waals surface area contributed by atoms with Crippen LogP contribution >= 0.6 is 0 Å². The number of rotatable bonds is 1. The van der Waals surface area contributed by atoms with Crippen molar-refractivity contribution < 1.29 is 9.59 Å². The normalized spacial score (nSPS) is 26.8. The zero-order chi connectivity index (χ0) is 19.0. The number of amides is 2. The van der Waals surface area contributed by atoms with E-state index >= 15 is 0 Å². The number of para-hydroxylation sites is 1. The van der Waals surface area contributed by atoms with E-state index in [1.165, 1.54) is 32.7 Å². The van der Waals surface area contributed by atoms with Crippen LogP contribution in [0, 0.1) is 18.8 Å². The van der Waals surface area contributed by atoms with E-state index in [1.807, 2.05) is 42.5 Å². The molecule has 0 aromatic heterocycles. The molecule has 1 heterocycles. The maximum Gasteiger partial charge on any atom is 0.238 e. The van der Waals surface area contributed by atoms with Gasteiger partial charge >= 0.3 is 0 Å². The fourth-order valence-electron chi connectivity index (χ4n) is 5.68. The van der Waals surface area contributed by atoms with E-state index in [4.69, 9.17) is 0 Å². The second-order valence-electron chi connectivity index (χ2n) is 8.12. The minimum absolute atomic E-state index is 0.0491. The zero-order valence-corrected chi connectivity index (χ0v) is 15.5. The summed E-state index contributed by atoms with van der Waals surface area (Å²) in [6, 6.07) is 24.2. The molecule has 7 rings (SSSR count). The first-order chi connectivity index (χ1) is 13.7. The van der Waals surface area contributed by atoms with Crippen LogP contribution in [0.1, 0.15) is 39.7 Å². The fourth-order valence-corrected chi connectivity index (χ4v) is 5.68. The average Bonchev–Trinajstić information content (AvgIpc) is 2.99. The van der Waals surface area contributed by atoms with Crippen LogP contribution in [-0.2, 0) is 9.59 Å². The van der Waals surface area contributed by atoms with Crippen molar-refractivity contribution in [3.05, 3.63) is 101 Å². The van der Waals surface area contributed by atoms with E-state index in [0.29, 0.717) is 5.69 Å². The van der Waals surface area contributed by atoms with Gasteiger partial charge in [-0.15, -0.1) is 0 Å². The molecule has 1 saturated heterocycles. The third-order valence-electron chi connectivity index (χ3n) is 6.71. The molecular formula is C25H19NO2. The van der Waals surface area contributed by atoms with Crippen LogP contribution in [0.2, 0.25) is 0 Å². The number of anilines is 1. The van der Waals surface area contributed by atoms with Crippen LogP contribution in [0.25, 0.3) is 0 Å². The van der Waals surface area contributed by atoms with E-state index in [2.05, 4.69) is 37.3 Å². The van der Waals surface area contributed by atoms with Gasteiger partial charge in [0.15, 0.2) is 0 Å². The average molecular weight is 365 g/mol. The monoisotopic (exact) mass is 365 g/mol. The van der Waals surface area contributed by atoms with Crippen molar-refractivity contribution in [1.82, 2.24) is 0 Å². The smallest absolute Gasteiger partial charge is 0.238 e. The van der Waals surface area contributed by atoms with Crippen molar-refractivity contribution >= 4 is 17.5 Å². The van der Waals surface area contributed by atoms with Crippen LogP contribution in [0.5, 0.6) is 0 Å². The molecule has 2 amide bonds. The first-order valence-electron chi connectivity index (χ1n) is 9.79. The topological polar surface area (TPSA) is 37.4 Å². The molecule has 3 heteroatoms. The SMILES string of the molecule is Cc1ccc2c(c1)[C@@H]1c3ccccc3[C@@H]2[C@@H]2C(=O)N(c3ccccc3)C(=O)[C@H]12. The lowest BCUT2D eigenvalue weighted by atomic mass is 9.55. The molecule has 0 unspecified atom stereocenters. The Balaban J connectivity index is 1.60. The number of carbonyl (C=O) groups is 2. The quantitative estimate of drug-likeness (QED) is 0.600. The molecule has 0 saturated carbocycles. The summed E-state index contributed by atoms with van der Waals surface area (Å²) in [7, 11) is 0. The Hall–Kier alpha value is -3.20. The summed E-state index contributed by atoms with van der Waals surface area (Å²) in [6.07, 6.45) is 0. The molecule has 1 fully saturated rings. The second-order valence-corrected chi connectivity index (χ2v) is 8.12. The highest BCUT2D eigenvalue weighted by atomic mass is 16.2.